The number of aliphatic hydroxyl groups is 2. The average Bonchev–Trinajstić information content (AvgIpc) is 3.25. The lowest BCUT2D eigenvalue weighted by Crippen LogP contribution is -2.36. The predicted molar refractivity (Wildman–Crippen MR) is 127 cm³/mol. The maximum absolute atomic E-state index is 12.2. The number of fused-ring (bicyclic) bond motifs is 1. The Bertz CT molecular complexity index is 805. The first kappa shape index (κ1) is 23.8. The Balaban J connectivity index is 1.44. The van der Waals surface area contributed by atoms with Crippen molar-refractivity contribution in [2.45, 2.75) is 110 Å². The van der Waals surface area contributed by atoms with Crippen LogP contribution in [0.2, 0.25) is 0 Å². The van der Waals surface area contributed by atoms with Crippen LogP contribution in [0.25, 0.3) is 0 Å². The van der Waals surface area contributed by atoms with E-state index in [0.29, 0.717) is 42.4 Å². The molecule has 0 aromatic heterocycles. The van der Waals surface area contributed by atoms with Gasteiger partial charge in [-0.3, -0.25) is 0 Å². The molecule has 0 aromatic carbocycles. The number of esters is 1. The van der Waals surface area contributed by atoms with Crippen LogP contribution in [0, 0.1) is 23.2 Å². The van der Waals surface area contributed by atoms with Gasteiger partial charge < -0.3 is 14.9 Å². The second kappa shape index (κ2) is 9.46. The van der Waals surface area contributed by atoms with Gasteiger partial charge in [0.1, 0.15) is 6.10 Å². The molecule has 4 nitrogen and oxygen atoms in total. The van der Waals surface area contributed by atoms with Crippen LogP contribution in [0.3, 0.4) is 0 Å². The Hall–Kier alpha value is -1.39. The highest BCUT2D eigenvalue weighted by atomic mass is 16.5. The third-order valence-electron chi connectivity index (χ3n) is 8.99. The maximum atomic E-state index is 12.2. The van der Waals surface area contributed by atoms with Crippen LogP contribution in [0.15, 0.2) is 34.4 Å². The molecule has 0 bridgehead atoms. The van der Waals surface area contributed by atoms with Gasteiger partial charge in [-0.2, -0.15) is 0 Å². The summed E-state index contributed by atoms with van der Waals surface area (Å²) < 4.78 is 5.72. The number of cyclic esters (lactones) is 1. The molecule has 0 spiro atoms. The van der Waals surface area contributed by atoms with Crippen LogP contribution in [0.4, 0.5) is 0 Å². The normalized spacial score (nSPS) is 39.8. The van der Waals surface area contributed by atoms with Crippen LogP contribution in [-0.2, 0) is 9.53 Å². The first-order valence-corrected chi connectivity index (χ1v) is 12.8. The van der Waals surface area contributed by atoms with Crippen LogP contribution >= 0.6 is 0 Å². The summed E-state index contributed by atoms with van der Waals surface area (Å²) in [7, 11) is 0. The number of allylic oxidation sites excluding steroid dienone is 4. The first-order valence-electron chi connectivity index (χ1n) is 12.8. The quantitative estimate of drug-likeness (QED) is 0.437. The molecule has 4 heteroatoms. The van der Waals surface area contributed by atoms with Gasteiger partial charge in [0.05, 0.1) is 12.2 Å². The van der Waals surface area contributed by atoms with Crippen molar-refractivity contribution >= 4 is 5.97 Å². The fourth-order valence-corrected chi connectivity index (χ4v) is 7.44. The van der Waals surface area contributed by atoms with Crippen LogP contribution in [0.5, 0.6) is 0 Å². The molecule has 3 aliphatic carbocycles. The maximum Gasteiger partial charge on any atom is 0.334 e. The molecule has 2 N–H and O–H groups in total. The van der Waals surface area contributed by atoms with Crippen LogP contribution in [-0.4, -0.2) is 34.5 Å². The van der Waals surface area contributed by atoms with E-state index in [1.165, 1.54) is 37.7 Å². The molecule has 32 heavy (non-hydrogen) atoms. The Labute approximate surface area is 193 Å². The number of hydrogen-bond donors (Lipinski definition) is 2. The molecule has 7 atom stereocenters. The number of ether oxygens (including phenoxy) is 1. The van der Waals surface area contributed by atoms with E-state index in [-0.39, 0.29) is 12.1 Å². The lowest BCUT2D eigenvalue weighted by molar-refractivity contribution is -0.139. The average molecular weight is 443 g/mol. The molecule has 1 heterocycles. The molecule has 0 radical (unpaired) electrons. The molecule has 1 saturated heterocycles. The zero-order chi connectivity index (χ0) is 23.0. The molecular formula is C28H42O4. The van der Waals surface area contributed by atoms with E-state index in [1.54, 1.807) is 5.57 Å². The van der Waals surface area contributed by atoms with Crippen molar-refractivity contribution < 1.29 is 19.7 Å². The second-order valence-electron chi connectivity index (χ2n) is 11.5. The largest absolute Gasteiger partial charge is 0.459 e. The van der Waals surface area contributed by atoms with Crippen molar-refractivity contribution in [2.24, 2.45) is 23.2 Å². The predicted octanol–water partition coefficient (Wildman–Crippen LogP) is 5.64. The number of rotatable bonds is 4. The van der Waals surface area contributed by atoms with E-state index in [2.05, 4.69) is 26.0 Å². The fourth-order valence-electron chi connectivity index (χ4n) is 7.44. The Morgan fingerprint density at radius 1 is 1.16 bits per heavy atom. The van der Waals surface area contributed by atoms with Crippen molar-refractivity contribution in [3.63, 3.8) is 0 Å². The first-order chi connectivity index (χ1) is 15.2. The van der Waals surface area contributed by atoms with Crippen LogP contribution in [0.1, 0.15) is 91.9 Å². The van der Waals surface area contributed by atoms with E-state index in [0.717, 1.165) is 24.0 Å². The minimum absolute atomic E-state index is 0.0394. The van der Waals surface area contributed by atoms with Crippen LogP contribution < -0.4 is 0 Å². The van der Waals surface area contributed by atoms with Crippen molar-refractivity contribution in [2.75, 3.05) is 0 Å². The Kier molecular flexibility index (Phi) is 7.03. The van der Waals surface area contributed by atoms with Crippen molar-refractivity contribution in [1.82, 2.24) is 0 Å². The van der Waals surface area contributed by atoms with Gasteiger partial charge in [-0.15, -0.1) is 0 Å². The topological polar surface area (TPSA) is 66.8 Å². The van der Waals surface area contributed by atoms with Crippen molar-refractivity contribution in [3.8, 4) is 0 Å². The van der Waals surface area contributed by atoms with Crippen molar-refractivity contribution in [3.05, 3.63) is 34.4 Å². The highest BCUT2D eigenvalue weighted by molar-refractivity contribution is 5.91. The summed E-state index contributed by atoms with van der Waals surface area (Å²) >= 11 is 0. The van der Waals surface area contributed by atoms with Crippen molar-refractivity contribution in [1.29, 1.82) is 0 Å². The minimum Gasteiger partial charge on any atom is -0.459 e. The Morgan fingerprint density at radius 2 is 1.88 bits per heavy atom. The summed E-state index contributed by atoms with van der Waals surface area (Å²) in [6.45, 7) is 8.88. The lowest BCUT2D eigenvalue weighted by atomic mass is 9.60. The number of carbonyl (C=O) groups excluding carboxylic acids is 1. The summed E-state index contributed by atoms with van der Waals surface area (Å²) in [6, 6.07) is 0. The SMILES string of the molecule is CC(C)=C1CC(C[C@@H](C)[C@H]2CCC3C(=CC=C4C[C@@H](O)C[C@H](O)C4)CCC[C@@]32C)OC1=O. The van der Waals surface area contributed by atoms with E-state index in [9.17, 15) is 15.0 Å². The molecule has 3 saturated carbocycles. The second-order valence-corrected chi connectivity index (χ2v) is 11.5. The summed E-state index contributed by atoms with van der Waals surface area (Å²) in [5.74, 6) is 1.72. The number of hydrogen-bond acceptors (Lipinski definition) is 4. The minimum atomic E-state index is -0.409. The molecule has 4 rings (SSSR count). The van der Waals surface area contributed by atoms with E-state index in [4.69, 9.17) is 4.74 Å². The highest BCUT2D eigenvalue weighted by Gasteiger charge is 2.51. The van der Waals surface area contributed by atoms with Gasteiger partial charge in [0, 0.05) is 12.0 Å². The Morgan fingerprint density at radius 3 is 2.53 bits per heavy atom. The van der Waals surface area contributed by atoms with E-state index >= 15 is 0 Å². The smallest absolute Gasteiger partial charge is 0.334 e. The van der Waals surface area contributed by atoms with Gasteiger partial charge in [0.25, 0.3) is 0 Å². The molecule has 4 aliphatic rings. The number of carbonyl (C=O) groups is 1. The standard InChI is InChI=1S/C28H42O4/c1-17(2)24-16-23(32-27(24)31)12-18(3)25-9-10-26-20(6-5-11-28(25,26)4)8-7-19-13-21(29)15-22(30)14-19/h7-8,18,21-23,25-26,29-30H,5-6,9-16H2,1-4H3/t18-,21-,22-,23?,25-,26?,28-/m1/s1. The zero-order valence-corrected chi connectivity index (χ0v) is 20.4. The molecule has 1 aliphatic heterocycles. The highest BCUT2D eigenvalue weighted by Crippen LogP contribution is 2.60. The number of aliphatic hydroxyl groups excluding tert-OH is 2. The third-order valence-corrected chi connectivity index (χ3v) is 8.99. The van der Waals surface area contributed by atoms with Gasteiger partial charge >= 0.3 is 5.97 Å². The molecule has 0 amide bonds. The summed E-state index contributed by atoms with van der Waals surface area (Å²) in [4.78, 5) is 12.2. The monoisotopic (exact) mass is 442 g/mol. The molecule has 0 aromatic rings. The zero-order valence-electron chi connectivity index (χ0n) is 20.4. The van der Waals surface area contributed by atoms with Gasteiger partial charge in [0.15, 0.2) is 0 Å². The van der Waals surface area contributed by atoms with Gasteiger partial charge in [0.2, 0.25) is 0 Å². The van der Waals surface area contributed by atoms with Gasteiger partial charge in [-0.1, -0.05) is 42.7 Å². The summed E-state index contributed by atoms with van der Waals surface area (Å²) in [5, 5.41) is 20.0. The van der Waals surface area contributed by atoms with Gasteiger partial charge in [-0.25, -0.2) is 4.79 Å². The molecule has 2 unspecified atom stereocenters. The van der Waals surface area contributed by atoms with E-state index < -0.39 is 12.2 Å². The molecule has 4 fully saturated rings. The lowest BCUT2D eigenvalue weighted by Gasteiger charge is -2.44. The van der Waals surface area contributed by atoms with Gasteiger partial charge in [-0.05, 0) is 94.8 Å². The molecule has 178 valence electrons. The van der Waals surface area contributed by atoms with E-state index in [1.807, 2.05) is 13.8 Å². The fraction of sp³-hybridized carbons (Fsp3) is 0.750. The summed E-state index contributed by atoms with van der Waals surface area (Å²) in [5.41, 5.74) is 5.03. The molecular weight excluding hydrogens is 400 g/mol. The third kappa shape index (κ3) is 4.77. The summed E-state index contributed by atoms with van der Waals surface area (Å²) in [6.07, 6.45) is 13.5.